The smallest absolute Gasteiger partial charge is 0.319 e. The summed E-state index contributed by atoms with van der Waals surface area (Å²) in [6.07, 6.45) is 2.59. The fourth-order valence-electron chi connectivity index (χ4n) is 9.95. The molecule has 1 aliphatic heterocycles. The number of H-pyrrole nitrogens is 1. The molecule has 0 saturated heterocycles. The Hall–Kier alpha value is -4.21. The second kappa shape index (κ2) is 6.92. The van der Waals surface area contributed by atoms with Gasteiger partial charge in [0.2, 0.25) is 0 Å². The Bertz CT molecular complexity index is 1760. The van der Waals surface area contributed by atoms with E-state index in [1.165, 1.54) is 18.2 Å². The molecule has 5 aliphatic rings. The first-order valence-electron chi connectivity index (χ1n) is 13.6. The van der Waals surface area contributed by atoms with E-state index in [-0.39, 0.29) is 28.0 Å². The zero-order chi connectivity index (χ0) is 28.0. The quantitative estimate of drug-likeness (QED) is 0.333. The first kappa shape index (κ1) is 23.7. The molecule has 5 N–H and O–H groups in total. The third-order valence-corrected chi connectivity index (χ3v) is 11.8. The molecule has 0 radical (unpaired) electrons. The molecular formula is C30H29FN6O3. The molecule has 4 fully saturated rings. The van der Waals surface area contributed by atoms with Crippen LogP contribution in [0.25, 0.3) is 10.9 Å². The number of urea groups is 1. The summed E-state index contributed by atoms with van der Waals surface area (Å²) < 4.78 is 15.0. The number of aromatic nitrogens is 2. The van der Waals surface area contributed by atoms with Gasteiger partial charge in [0, 0.05) is 28.2 Å². The van der Waals surface area contributed by atoms with E-state index in [1.807, 2.05) is 6.07 Å². The number of carbonyl (C=O) groups excluding carboxylic acids is 3. The Morgan fingerprint density at radius 1 is 1.07 bits per heavy atom. The predicted molar refractivity (Wildman–Crippen MR) is 144 cm³/mol. The van der Waals surface area contributed by atoms with Crippen LogP contribution in [-0.4, -0.2) is 34.1 Å². The van der Waals surface area contributed by atoms with Crippen LogP contribution in [0.1, 0.15) is 56.1 Å². The minimum absolute atomic E-state index is 0.00880. The van der Waals surface area contributed by atoms with Crippen molar-refractivity contribution < 1.29 is 18.8 Å². The number of allylic oxidation sites excluding steroid dienone is 1. The van der Waals surface area contributed by atoms with Crippen molar-refractivity contribution in [1.29, 1.82) is 0 Å². The summed E-state index contributed by atoms with van der Waals surface area (Å²) in [5.74, 6) is -0.912. The Morgan fingerprint density at radius 3 is 2.62 bits per heavy atom. The average molecular weight is 541 g/mol. The SMILES string of the molecule is CC1=C(C(=O)Nc2ccc3[nH]ncc3c2)C(c2ccc(F)c(C(=O)NC3CC4C5(C)C6(C)C3(C)C456)c2)NC(=O)N1. The summed E-state index contributed by atoms with van der Waals surface area (Å²) in [7, 11) is 0. The molecular weight excluding hydrogens is 511 g/mol. The molecule has 1 aromatic heterocycles. The molecule has 0 bridgehead atoms. The fraction of sp³-hybridized carbons (Fsp3) is 0.400. The molecule has 9 nitrogen and oxygen atoms in total. The van der Waals surface area contributed by atoms with Gasteiger partial charge in [-0.2, -0.15) is 5.10 Å². The van der Waals surface area contributed by atoms with Crippen LogP contribution in [0.3, 0.4) is 0 Å². The summed E-state index contributed by atoms with van der Waals surface area (Å²) in [4.78, 5) is 39.3. The molecule has 10 heteroatoms. The van der Waals surface area contributed by atoms with Crippen molar-refractivity contribution in [2.24, 2.45) is 27.6 Å². The van der Waals surface area contributed by atoms with E-state index in [0.717, 1.165) is 17.3 Å². The molecule has 4 aliphatic carbocycles. The molecule has 7 unspecified atom stereocenters. The highest BCUT2D eigenvalue weighted by Crippen LogP contribution is 3.25. The number of nitrogens with one attached hydrogen (secondary N) is 5. The normalized spacial score (nSPS) is 37.7. The summed E-state index contributed by atoms with van der Waals surface area (Å²) in [6.45, 7) is 8.56. The van der Waals surface area contributed by atoms with Crippen LogP contribution in [0.5, 0.6) is 0 Å². The highest BCUT2D eigenvalue weighted by atomic mass is 19.1. The van der Waals surface area contributed by atoms with Crippen LogP contribution in [0.4, 0.5) is 14.9 Å². The number of anilines is 1. The minimum atomic E-state index is -0.884. The average Bonchev–Trinajstić information content (AvgIpc) is 3.57. The van der Waals surface area contributed by atoms with E-state index in [0.29, 0.717) is 33.7 Å². The van der Waals surface area contributed by atoms with Gasteiger partial charge in [0.25, 0.3) is 11.8 Å². The number of carbonyl (C=O) groups is 3. The van der Waals surface area contributed by atoms with E-state index in [4.69, 9.17) is 0 Å². The highest BCUT2D eigenvalue weighted by molar-refractivity contribution is 6.07. The first-order valence-corrected chi connectivity index (χ1v) is 13.6. The first-order chi connectivity index (χ1) is 19.0. The zero-order valence-corrected chi connectivity index (χ0v) is 22.5. The third-order valence-electron chi connectivity index (χ3n) is 11.8. The van der Waals surface area contributed by atoms with Crippen LogP contribution in [0.15, 0.2) is 53.9 Å². The number of amides is 4. The van der Waals surface area contributed by atoms with Gasteiger partial charge >= 0.3 is 6.03 Å². The van der Waals surface area contributed by atoms with E-state index < -0.39 is 29.7 Å². The van der Waals surface area contributed by atoms with Gasteiger partial charge in [-0.15, -0.1) is 0 Å². The molecule has 8 rings (SSSR count). The number of aromatic amines is 1. The lowest BCUT2D eigenvalue weighted by Gasteiger charge is -2.38. The summed E-state index contributed by atoms with van der Waals surface area (Å²) in [6, 6.07) is 8.13. The Kier molecular flexibility index (Phi) is 4.09. The van der Waals surface area contributed by atoms with E-state index >= 15 is 4.39 Å². The predicted octanol–water partition coefficient (Wildman–Crippen LogP) is 4.13. The summed E-state index contributed by atoms with van der Waals surface area (Å²) >= 11 is 0. The van der Waals surface area contributed by atoms with Crippen LogP contribution in [0, 0.1) is 33.4 Å². The molecule has 4 saturated carbocycles. The topological polar surface area (TPSA) is 128 Å². The standard InChI is InChI=1S/C30H29FN6O3/c1-13-22(25(39)34-16-6-8-19-15(9-16)12-32-37-19)23(36-26(40)33-13)14-5-7-18(31)17(10-14)24(38)35-21-11-20-27(2)29(4)28(21,3)30(20,27)29/h5-10,12,20-21,23H,11H2,1-4H3,(H,32,37)(H,34,39)(H,35,38)(H2,33,36,40). The number of fused-ring (bicyclic) bond motifs is 4. The van der Waals surface area contributed by atoms with Gasteiger partial charge in [-0.05, 0) is 71.4 Å². The molecule has 1 spiro atoms. The molecule has 7 atom stereocenters. The Balaban J connectivity index is 1.06. The van der Waals surface area contributed by atoms with Crippen LogP contribution in [0.2, 0.25) is 0 Å². The van der Waals surface area contributed by atoms with Crippen molar-refractivity contribution >= 4 is 34.4 Å². The van der Waals surface area contributed by atoms with E-state index in [2.05, 4.69) is 52.2 Å². The zero-order valence-electron chi connectivity index (χ0n) is 22.5. The van der Waals surface area contributed by atoms with E-state index in [1.54, 1.807) is 25.3 Å². The summed E-state index contributed by atoms with van der Waals surface area (Å²) in [5.41, 5.74) is 3.49. The largest absolute Gasteiger partial charge is 0.349 e. The van der Waals surface area contributed by atoms with Crippen molar-refractivity contribution in [3.8, 4) is 0 Å². The highest BCUT2D eigenvalue weighted by Gasteiger charge is 3.24. The van der Waals surface area contributed by atoms with Gasteiger partial charge < -0.3 is 21.3 Å². The van der Waals surface area contributed by atoms with Gasteiger partial charge in [-0.25, -0.2) is 9.18 Å². The summed E-state index contributed by atoms with van der Waals surface area (Å²) in [5, 5.41) is 19.1. The lowest BCUT2D eigenvalue weighted by atomic mass is 9.71. The second-order valence-electron chi connectivity index (χ2n) is 12.6. The van der Waals surface area contributed by atoms with Crippen molar-refractivity contribution in [1.82, 2.24) is 26.1 Å². The number of benzene rings is 2. The minimum Gasteiger partial charge on any atom is -0.349 e. The second-order valence-corrected chi connectivity index (χ2v) is 12.6. The number of rotatable bonds is 5. The van der Waals surface area contributed by atoms with Gasteiger partial charge in [0.15, 0.2) is 0 Å². The monoisotopic (exact) mass is 540 g/mol. The maximum absolute atomic E-state index is 15.0. The lowest BCUT2D eigenvalue weighted by molar-refractivity contribution is -0.113. The van der Waals surface area contributed by atoms with Gasteiger partial charge in [-0.1, -0.05) is 26.8 Å². The van der Waals surface area contributed by atoms with Crippen LogP contribution in [-0.2, 0) is 4.79 Å². The fourth-order valence-corrected chi connectivity index (χ4v) is 9.95. The van der Waals surface area contributed by atoms with Crippen molar-refractivity contribution in [2.75, 3.05) is 5.32 Å². The Morgan fingerprint density at radius 2 is 1.88 bits per heavy atom. The van der Waals surface area contributed by atoms with E-state index in [9.17, 15) is 14.4 Å². The van der Waals surface area contributed by atoms with Gasteiger partial charge in [0.05, 0.1) is 28.9 Å². The van der Waals surface area contributed by atoms with Gasteiger partial charge in [-0.3, -0.25) is 14.7 Å². The van der Waals surface area contributed by atoms with Crippen molar-refractivity contribution in [3.63, 3.8) is 0 Å². The number of halogens is 1. The van der Waals surface area contributed by atoms with Crippen molar-refractivity contribution in [3.05, 3.63) is 70.8 Å². The van der Waals surface area contributed by atoms with Gasteiger partial charge in [0.1, 0.15) is 5.82 Å². The third kappa shape index (κ3) is 2.33. The maximum Gasteiger partial charge on any atom is 0.319 e. The van der Waals surface area contributed by atoms with Crippen LogP contribution < -0.4 is 21.3 Å². The van der Waals surface area contributed by atoms with Crippen molar-refractivity contribution in [2.45, 2.75) is 46.2 Å². The number of hydrogen-bond acceptors (Lipinski definition) is 4. The number of nitrogens with zero attached hydrogens (tertiary/aromatic N) is 1. The maximum atomic E-state index is 15.0. The molecule has 40 heavy (non-hydrogen) atoms. The molecule has 2 heterocycles. The Labute approximate surface area is 229 Å². The molecule has 4 amide bonds. The molecule has 3 aromatic rings. The van der Waals surface area contributed by atoms with Crippen LogP contribution >= 0.6 is 0 Å². The molecule has 204 valence electrons. The molecule has 2 aromatic carbocycles. The number of hydrogen-bond donors (Lipinski definition) is 5. The lowest BCUT2D eigenvalue weighted by Crippen LogP contribution is -2.47.